The van der Waals surface area contributed by atoms with Crippen LogP contribution in [-0.2, 0) is 23.8 Å². The van der Waals surface area contributed by atoms with Gasteiger partial charge in [-0.25, -0.2) is 4.79 Å². The highest BCUT2D eigenvalue weighted by molar-refractivity contribution is 8.00. The van der Waals surface area contributed by atoms with Crippen molar-refractivity contribution >= 4 is 29.9 Å². The Hall–Kier alpha value is -1.24. The first-order valence-electron chi connectivity index (χ1n) is 7.83. The molecule has 6 nitrogen and oxygen atoms in total. The van der Waals surface area contributed by atoms with Crippen molar-refractivity contribution in [1.82, 2.24) is 0 Å². The smallest absolute Gasteiger partial charge is 0.465 e. The molecule has 1 unspecified atom stereocenters. The molecule has 0 aromatic heterocycles. The van der Waals surface area contributed by atoms with Crippen molar-refractivity contribution in [3.05, 3.63) is 0 Å². The van der Waals surface area contributed by atoms with Gasteiger partial charge in [0.1, 0.15) is 0 Å². The maximum absolute atomic E-state index is 12.5. The quantitative estimate of drug-likeness (QED) is 0.490. The second kappa shape index (κ2) is 9.80. The Balaban J connectivity index is 5.47. The van der Waals surface area contributed by atoms with E-state index in [1.165, 1.54) is 11.8 Å². The minimum absolute atomic E-state index is 0.0863. The van der Waals surface area contributed by atoms with Gasteiger partial charge in [-0.15, -0.1) is 0 Å². The Bertz CT molecular complexity index is 415. The lowest BCUT2D eigenvalue weighted by Gasteiger charge is -2.30. The van der Waals surface area contributed by atoms with Gasteiger partial charge in [0.05, 0.1) is 13.2 Å². The number of ether oxygens (including phenoxy) is 3. The third-order valence-electron chi connectivity index (χ3n) is 2.92. The average molecular weight is 348 g/mol. The van der Waals surface area contributed by atoms with Crippen LogP contribution in [0.4, 0.5) is 4.79 Å². The van der Waals surface area contributed by atoms with Crippen LogP contribution in [0.1, 0.15) is 54.4 Å². The maximum Gasteiger partial charge on any atom is 0.516 e. The molecule has 7 heteroatoms. The summed E-state index contributed by atoms with van der Waals surface area (Å²) in [6.07, 6.45) is -0.280. The van der Waals surface area contributed by atoms with E-state index in [0.29, 0.717) is 6.42 Å². The Morgan fingerprint density at radius 2 is 1.48 bits per heavy atom. The van der Waals surface area contributed by atoms with E-state index in [1.807, 2.05) is 27.7 Å². The molecular formula is C16H28O6S. The molecule has 0 spiro atoms. The van der Waals surface area contributed by atoms with Gasteiger partial charge in [0, 0.05) is 10.5 Å². The number of rotatable bonds is 8. The van der Waals surface area contributed by atoms with E-state index in [-0.39, 0.29) is 30.1 Å². The topological polar surface area (TPSA) is 78.9 Å². The van der Waals surface area contributed by atoms with Crippen molar-refractivity contribution in [3.8, 4) is 0 Å². The molecule has 23 heavy (non-hydrogen) atoms. The first-order valence-corrected chi connectivity index (χ1v) is 8.81. The third-order valence-corrected chi connectivity index (χ3v) is 4.43. The van der Waals surface area contributed by atoms with Gasteiger partial charge in [0.15, 0.2) is 5.41 Å². The molecule has 0 aliphatic carbocycles. The van der Waals surface area contributed by atoms with Crippen LogP contribution in [0.3, 0.4) is 0 Å². The zero-order valence-corrected chi connectivity index (χ0v) is 15.7. The molecule has 0 saturated heterocycles. The SMILES string of the molecule is CCCC(CSC(C)(C)C)(C(=O)OCC)C(=O)OC(=O)OCC. The molecule has 0 aromatic rings. The first-order chi connectivity index (χ1) is 10.6. The molecule has 0 aliphatic rings. The monoisotopic (exact) mass is 348 g/mol. The molecule has 0 heterocycles. The molecule has 0 aliphatic heterocycles. The predicted octanol–water partition coefficient (Wildman–Crippen LogP) is 3.57. The van der Waals surface area contributed by atoms with Crippen molar-refractivity contribution in [2.24, 2.45) is 5.41 Å². The van der Waals surface area contributed by atoms with Gasteiger partial charge in [0.25, 0.3) is 0 Å². The lowest BCUT2D eigenvalue weighted by molar-refractivity contribution is -0.168. The molecule has 0 rings (SSSR count). The van der Waals surface area contributed by atoms with Gasteiger partial charge in [-0.3, -0.25) is 9.59 Å². The molecule has 0 bridgehead atoms. The molecule has 0 N–H and O–H groups in total. The number of carbonyl (C=O) groups excluding carboxylic acids is 3. The van der Waals surface area contributed by atoms with Crippen LogP contribution >= 0.6 is 11.8 Å². The summed E-state index contributed by atoms with van der Waals surface area (Å²) >= 11 is 1.45. The normalized spacial score (nSPS) is 13.8. The van der Waals surface area contributed by atoms with E-state index >= 15 is 0 Å². The first kappa shape index (κ1) is 21.8. The second-order valence-corrected chi connectivity index (χ2v) is 7.83. The van der Waals surface area contributed by atoms with Crippen molar-refractivity contribution in [3.63, 3.8) is 0 Å². The fourth-order valence-electron chi connectivity index (χ4n) is 1.83. The molecule has 0 radical (unpaired) electrons. The van der Waals surface area contributed by atoms with E-state index < -0.39 is 23.5 Å². The Kier molecular flexibility index (Phi) is 9.27. The standard InChI is InChI=1S/C16H28O6S/c1-7-10-16(12(17)20-8-2,11-23-15(4,5)6)13(18)22-14(19)21-9-3/h7-11H2,1-6H3. The van der Waals surface area contributed by atoms with E-state index in [2.05, 4.69) is 4.74 Å². The number of esters is 2. The van der Waals surface area contributed by atoms with Crippen molar-refractivity contribution in [2.75, 3.05) is 19.0 Å². The summed E-state index contributed by atoms with van der Waals surface area (Å²) in [7, 11) is 0. The highest BCUT2D eigenvalue weighted by atomic mass is 32.2. The third kappa shape index (κ3) is 7.24. The minimum atomic E-state index is -1.50. The van der Waals surface area contributed by atoms with Crippen LogP contribution in [0.15, 0.2) is 0 Å². The largest absolute Gasteiger partial charge is 0.516 e. The zero-order valence-electron chi connectivity index (χ0n) is 14.9. The lowest BCUT2D eigenvalue weighted by atomic mass is 9.85. The van der Waals surface area contributed by atoms with Gasteiger partial charge in [-0.05, 0) is 20.3 Å². The van der Waals surface area contributed by atoms with E-state index in [4.69, 9.17) is 9.47 Å². The van der Waals surface area contributed by atoms with Crippen molar-refractivity contribution in [1.29, 1.82) is 0 Å². The summed E-state index contributed by atoms with van der Waals surface area (Å²) in [4.78, 5) is 36.5. The average Bonchev–Trinajstić information content (AvgIpc) is 2.42. The highest BCUT2D eigenvalue weighted by Crippen LogP contribution is 2.37. The van der Waals surface area contributed by atoms with E-state index in [0.717, 1.165) is 0 Å². The maximum atomic E-state index is 12.5. The Labute approximate surface area is 142 Å². The van der Waals surface area contributed by atoms with Crippen LogP contribution in [0.25, 0.3) is 0 Å². The van der Waals surface area contributed by atoms with Gasteiger partial charge in [-0.2, -0.15) is 11.8 Å². The molecule has 134 valence electrons. The van der Waals surface area contributed by atoms with Crippen LogP contribution in [0.2, 0.25) is 0 Å². The molecular weight excluding hydrogens is 320 g/mol. The van der Waals surface area contributed by atoms with Crippen molar-refractivity contribution < 1.29 is 28.6 Å². The summed E-state index contributed by atoms with van der Waals surface area (Å²) < 4.78 is 14.3. The molecule has 1 atom stereocenters. The summed E-state index contributed by atoms with van der Waals surface area (Å²) in [6.45, 7) is 11.3. The summed E-state index contributed by atoms with van der Waals surface area (Å²) in [5.41, 5.74) is -1.50. The summed E-state index contributed by atoms with van der Waals surface area (Å²) in [5, 5.41) is 0. The Morgan fingerprint density at radius 1 is 0.913 bits per heavy atom. The fraction of sp³-hybridized carbons (Fsp3) is 0.812. The molecule has 0 amide bonds. The number of thioether (sulfide) groups is 1. The second-order valence-electron chi connectivity index (χ2n) is 6.03. The summed E-state index contributed by atoms with van der Waals surface area (Å²) in [5.74, 6) is -1.39. The lowest BCUT2D eigenvalue weighted by Crippen LogP contribution is -2.45. The molecule has 0 aromatic carbocycles. The van der Waals surface area contributed by atoms with Gasteiger partial charge < -0.3 is 14.2 Å². The van der Waals surface area contributed by atoms with E-state index in [1.54, 1.807) is 13.8 Å². The number of hydrogen-bond donors (Lipinski definition) is 0. The van der Waals surface area contributed by atoms with Crippen LogP contribution in [0, 0.1) is 5.41 Å². The fourth-order valence-corrected chi connectivity index (χ4v) is 2.89. The van der Waals surface area contributed by atoms with Gasteiger partial charge >= 0.3 is 18.1 Å². The highest BCUT2D eigenvalue weighted by Gasteiger charge is 2.49. The zero-order chi connectivity index (χ0) is 18.1. The van der Waals surface area contributed by atoms with Crippen LogP contribution in [0.5, 0.6) is 0 Å². The Morgan fingerprint density at radius 3 is 1.91 bits per heavy atom. The van der Waals surface area contributed by atoms with Gasteiger partial charge in [-0.1, -0.05) is 34.1 Å². The van der Waals surface area contributed by atoms with Crippen LogP contribution < -0.4 is 0 Å². The predicted molar refractivity (Wildman–Crippen MR) is 89.3 cm³/mol. The summed E-state index contributed by atoms with van der Waals surface area (Å²) in [6, 6.07) is 0. The molecule has 0 saturated carbocycles. The van der Waals surface area contributed by atoms with Gasteiger partial charge in [0.2, 0.25) is 0 Å². The van der Waals surface area contributed by atoms with Crippen LogP contribution in [-0.4, -0.2) is 41.8 Å². The number of hydrogen-bond acceptors (Lipinski definition) is 7. The van der Waals surface area contributed by atoms with Crippen molar-refractivity contribution in [2.45, 2.75) is 59.1 Å². The number of carbonyl (C=O) groups is 3. The molecule has 0 fully saturated rings. The minimum Gasteiger partial charge on any atom is -0.465 e. The van der Waals surface area contributed by atoms with E-state index in [9.17, 15) is 14.4 Å².